The number of rotatable bonds is 8. The van der Waals surface area contributed by atoms with Crippen LogP contribution in [0, 0.1) is 0 Å². The molecule has 0 radical (unpaired) electrons. The first-order valence-electron chi connectivity index (χ1n) is 9.62. The number of carbonyl (C=O) groups is 1. The highest BCUT2D eigenvalue weighted by molar-refractivity contribution is 5.95. The first-order chi connectivity index (χ1) is 14.0. The van der Waals surface area contributed by atoms with Crippen LogP contribution in [-0.2, 0) is 6.42 Å². The summed E-state index contributed by atoms with van der Waals surface area (Å²) < 4.78 is 12.4. The van der Waals surface area contributed by atoms with Crippen LogP contribution >= 0.6 is 0 Å². The number of nitrogens with zero attached hydrogens (tertiary/aromatic N) is 3. The Labute approximate surface area is 171 Å². The summed E-state index contributed by atoms with van der Waals surface area (Å²) in [4.78, 5) is 19.8. The van der Waals surface area contributed by atoms with Crippen molar-refractivity contribution >= 4 is 11.6 Å². The van der Waals surface area contributed by atoms with Crippen LogP contribution in [0.1, 0.15) is 34.7 Å². The number of methoxy groups -OCH3 is 2. The lowest BCUT2D eigenvalue weighted by Crippen LogP contribution is -2.35. The molecule has 154 valence electrons. The van der Waals surface area contributed by atoms with Gasteiger partial charge in [-0.15, -0.1) is 0 Å². The summed E-state index contributed by atoms with van der Waals surface area (Å²) >= 11 is 0. The maximum absolute atomic E-state index is 13.1. The second-order valence-corrected chi connectivity index (χ2v) is 6.99. The van der Waals surface area contributed by atoms with Gasteiger partial charge in [0.1, 0.15) is 11.4 Å². The second-order valence-electron chi connectivity index (χ2n) is 6.99. The highest BCUT2D eigenvalue weighted by atomic mass is 16.5. The molecule has 0 aliphatic carbocycles. The number of imidazole rings is 1. The number of hydrogen-bond acceptors (Lipinski definition) is 5. The molecule has 0 bridgehead atoms. The van der Waals surface area contributed by atoms with Gasteiger partial charge in [0.05, 0.1) is 26.0 Å². The first-order valence-corrected chi connectivity index (χ1v) is 9.62. The molecule has 0 aliphatic rings. The fraction of sp³-hybridized carbons (Fsp3) is 0.364. The number of carbonyl (C=O) groups excluding carboxylic acids is 1. The molecule has 0 fully saturated rings. The number of hydrogen-bond donors (Lipinski definition) is 1. The Morgan fingerprint density at radius 2 is 1.90 bits per heavy atom. The van der Waals surface area contributed by atoms with E-state index in [-0.39, 0.29) is 11.9 Å². The highest BCUT2D eigenvalue weighted by Gasteiger charge is 2.22. The molecule has 3 aromatic rings. The summed E-state index contributed by atoms with van der Waals surface area (Å²) in [6.07, 6.45) is 2.50. The van der Waals surface area contributed by atoms with E-state index in [2.05, 4.69) is 15.2 Å². The zero-order chi connectivity index (χ0) is 21.0. The van der Waals surface area contributed by atoms with Gasteiger partial charge in [-0.1, -0.05) is 19.1 Å². The zero-order valence-corrected chi connectivity index (χ0v) is 17.6. The molecule has 1 aromatic carbocycles. The standard InChI is InChI=1S/C22H28N4O3/c1-6-17-20(26-13-7-8-19(29-5)21(26)24-17)22(27)23-14-18(25(2)3)15-9-11-16(28-4)12-10-15/h7-13,18H,6,14H2,1-5H3,(H,23,27). The van der Waals surface area contributed by atoms with Crippen LogP contribution in [0.25, 0.3) is 5.65 Å². The van der Waals surface area contributed by atoms with Crippen LogP contribution in [0.3, 0.4) is 0 Å². The molecular weight excluding hydrogens is 368 g/mol. The number of nitrogens with one attached hydrogen (secondary N) is 1. The predicted molar refractivity (Wildman–Crippen MR) is 113 cm³/mol. The van der Waals surface area contributed by atoms with Crippen molar-refractivity contribution in [3.8, 4) is 11.5 Å². The normalized spacial score (nSPS) is 12.2. The maximum atomic E-state index is 13.1. The van der Waals surface area contributed by atoms with Crippen molar-refractivity contribution in [2.45, 2.75) is 19.4 Å². The van der Waals surface area contributed by atoms with Gasteiger partial charge in [-0.25, -0.2) is 4.98 Å². The van der Waals surface area contributed by atoms with E-state index >= 15 is 0 Å². The lowest BCUT2D eigenvalue weighted by molar-refractivity contribution is 0.0935. The molecule has 3 rings (SSSR count). The van der Waals surface area contributed by atoms with E-state index in [4.69, 9.17) is 9.47 Å². The van der Waals surface area contributed by atoms with E-state index < -0.39 is 0 Å². The molecule has 0 aliphatic heterocycles. The SMILES string of the molecule is CCc1nc2c(OC)cccn2c1C(=O)NCC(c1ccc(OC)cc1)N(C)C. The number of aryl methyl sites for hydroxylation is 1. The molecule has 7 nitrogen and oxygen atoms in total. The second kappa shape index (κ2) is 8.96. The molecule has 0 spiro atoms. The van der Waals surface area contributed by atoms with Crippen molar-refractivity contribution in [3.05, 3.63) is 59.5 Å². The fourth-order valence-corrected chi connectivity index (χ4v) is 3.43. The zero-order valence-electron chi connectivity index (χ0n) is 17.6. The van der Waals surface area contributed by atoms with Crippen molar-refractivity contribution in [3.63, 3.8) is 0 Å². The third kappa shape index (κ3) is 4.19. The van der Waals surface area contributed by atoms with Crippen LogP contribution in [0.15, 0.2) is 42.6 Å². The molecule has 1 unspecified atom stereocenters. The number of ether oxygens (including phenoxy) is 2. The van der Waals surface area contributed by atoms with Crippen LogP contribution in [0.5, 0.6) is 11.5 Å². The molecule has 7 heteroatoms. The van der Waals surface area contributed by atoms with Gasteiger partial charge in [0.15, 0.2) is 11.4 Å². The summed E-state index contributed by atoms with van der Waals surface area (Å²) in [7, 11) is 7.25. The van der Waals surface area contributed by atoms with Crippen LogP contribution in [0.2, 0.25) is 0 Å². The number of aromatic nitrogens is 2. The fourth-order valence-electron chi connectivity index (χ4n) is 3.43. The van der Waals surface area contributed by atoms with E-state index in [9.17, 15) is 4.79 Å². The summed E-state index contributed by atoms with van der Waals surface area (Å²) in [5.41, 5.74) is 3.05. The maximum Gasteiger partial charge on any atom is 0.270 e. The van der Waals surface area contributed by atoms with Gasteiger partial charge in [0.2, 0.25) is 0 Å². The summed E-state index contributed by atoms with van der Waals surface area (Å²) in [5, 5.41) is 3.08. The topological polar surface area (TPSA) is 68.1 Å². The van der Waals surface area contributed by atoms with Crippen molar-refractivity contribution in [1.82, 2.24) is 19.6 Å². The Hall–Kier alpha value is -3.06. The highest BCUT2D eigenvalue weighted by Crippen LogP contribution is 2.23. The summed E-state index contributed by atoms with van der Waals surface area (Å²) in [6.45, 7) is 2.46. The predicted octanol–water partition coefficient (Wildman–Crippen LogP) is 2.95. The van der Waals surface area contributed by atoms with Gasteiger partial charge < -0.3 is 19.7 Å². The molecule has 0 saturated heterocycles. The third-order valence-electron chi connectivity index (χ3n) is 5.04. The Balaban J connectivity index is 1.85. The Kier molecular flexibility index (Phi) is 6.39. The summed E-state index contributed by atoms with van der Waals surface area (Å²) in [5.74, 6) is 1.30. The number of amides is 1. The average Bonchev–Trinajstić information content (AvgIpc) is 3.12. The van der Waals surface area contributed by atoms with Crippen molar-refractivity contribution < 1.29 is 14.3 Å². The number of fused-ring (bicyclic) bond motifs is 1. The number of benzene rings is 1. The van der Waals surface area contributed by atoms with E-state index in [1.807, 2.05) is 63.6 Å². The lowest BCUT2D eigenvalue weighted by atomic mass is 10.1. The molecule has 1 amide bonds. The minimum atomic E-state index is -0.150. The van der Waals surface area contributed by atoms with Gasteiger partial charge in [-0.2, -0.15) is 0 Å². The molecule has 2 aromatic heterocycles. The smallest absolute Gasteiger partial charge is 0.270 e. The van der Waals surface area contributed by atoms with Gasteiger partial charge in [-0.05, 0) is 50.3 Å². The van der Waals surface area contributed by atoms with Crippen LogP contribution in [-0.4, -0.2) is 55.1 Å². The quantitative estimate of drug-likeness (QED) is 0.634. The van der Waals surface area contributed by atoms with E-state index in [0.29, 0.717) is 30.1 Å². The third-order valence-corrected chi connectivity index (χ3v) is 5.04. The van der Waals surface area contributed by atoms with Crippen LogP contribution in [0.4, 0.5) is 0 Å². The Morgan fingerprint density at radius 3 is 2.48 bits per heavy atom. The van der Waals surface area contributed by atoms with Crippen molar-refractivity contribution in [2.24, 2.45) is 0 Å². The number of pyridine rings is 1. The van der Waals surface area contributed by atoms with E-state index in [1.165, 1.54) is 0 Å². The Morgan fingerprint density at radius 1 is 1.17 bits per heavy atom. The molecular formula is C22H28N4O3. The van der Waals surface area contributed by atoms with Gasteiger partial charge in [-0.3, -0.25) is 9.20 Å². The molecule has 0 saturated carbocycles. The minimum absolute atomic E-state index is 0.0312. The Bertz CT molecular complexity index is 980. The van der Waals surface area contributed by atoms with Gasteiger partial charge >= 0.3 is 0 Å². The van der Waals surface area contributed by atoms with Crippen molar-refractivity contribution in [1.29, 1.82) is 0 Å². The molecule has 1 atom stereocenters. The largest absolute Gasteiger partial charge is 0.497 e. The molecule has 2 heterocycles. The average molecular weight is 396 g/mol. The monoisotopic (exact) mass is 396 g/mol. The van der Waals surface area contributed by atoms with Crippen molar-refractivity contribution in [2.75, 3.05) is 34.9 Å². The first kappa shape index (κ1) is 20.7. The summed E-state index contributed by atoms with van der Waals surface area (Å²) in [6, 6.07) is 11.6. The van der Waals surface area contributed by atoms with Crippen LogP contribution < -0.4 is 14.8 Å². The van der Waals surface area contributed by atoms with E-state index in [1.54, 1.807) is 18.6 Å². The van der Waals surface area contributed by atoms with Gasteiger partial charge in [0, 0.05) is 12.7 Å². The lowest BCUT2D eigenvalue weighted by Gasteiger charge is -2.25. The molecule has 1 N–H and O–H groups in total. The minimum Gasteiger partial charge on any atom is -0.497 e. The number of likely N-dealkylation sites (N-methyl/N-ethyl adjacent to an activating group) is 1. The van der Waals surface area contributed by atoms with Gasteiger partial charge in [0.25, 0.3) is 5.91 Å². The van der Waals surface area contributed by atoms with E-state index in [0.717, 1.165) is 17.0 Å². The molecule has 29 heavy (non-hydrogen) atoms.